The first-order valence-corrected chi connectivity index (χ1v) is 7.03. The van der Waals surface area contributed by atoms with Gasteiger partial charge < -0.3 is 9.73 Å². The zero-order valence-electron chi connectivity index (χ0n) is 11.4. The first-order chi connectivity index (χ1) is 9.31. The van der Waals surface area contributed by atoms with E-state index in [1.165, 1.54) is 19.3 Å². The van der Waals surface area contributed by atoms with Crippen LogP contribution in [-0.2, 0) is 11.2 Å². The Morgan fingerprint density at radius 1 is 1.21 bits per heavy atom. The zero-order valence-corrected chi connectivity index (χ0v) is 11.4. The third-order valence-corrected chi connectivity index (χ3v) is 3.26. The summed E-state index contributed by atoms with van der Waals surface area (Å²) in [5.74, 6) is 0.0723. The third kappa shape index (κ3) is 3.85. The van der Waals surface area contributed by atoms with E-state index < -0.39 is 0 Å². The van der Waals surface area contributed by atoms with E-state index in [1.807, 2.05) is 24.3 Å². The van der Waals surface area contributed by atoms with Gasteiger partial charge in [-0.25, -0.2) is 0 Å². The summed E-state index contributed by atoms with van der Waals surface area (Å²) in [7, 11) is 0. The van der Waals surface area contributed by atoms with Crippen molar-refractivity contribution in [3.05, 3.63) is 36.1 Å². The molecule has 0 saturated carbocycles. The van der Waals surface area contributed by atoms with E-state index in [1.54, 1.807) is 6.26 Å². The monoisotopic (exact) mass is 259 g/mol. The lowest BCUT2D eigenvalue weighted by atomic mass is 10.1. The topological polar surface area (TPSA) is 42.2 Å². The number of benzene rings is 1. The SMILES string of the molecule is CCCCCCNC(=O)Cc1coc2ccccc12. The summed E-state index contributed by atoms with van der Waals surface area (Å²) < 4.78 is 5.43. The molecule has 3 nitrogen and oxygen atoms in total. The largest absolute Gasteiger partial charge is 0.464 e. The van der Waals surface area contributed by atoms with Crippen LogP contribution in [0.3, 0.4) is 0 Å². The Kier molecular flexibility index (Phi) is 5.01. The molecule has 0 unspecified atom stereocenters. The second-order valence-electron chi connectivity index (χ2n) is 4.84. The molecule has 102 valence electrons. The quantitative estimate of drug-likeness (QED) is 0.771. The van der Waals surface area contributed by atoms with Crippen molar-refractivity contribution in [3.63, 3.8) is 0 Å². The Labute approximate surface area is 114 Å². The maximum Gasteiger partial charge on any atom is 0.224 e. The molecule has 19 heavy (non-hydrogen) atoms. The van der Waals surface area contributed by atoms with Crippen LogP contribution in [0.2, 0.25) is 0 Å². The number of nitrogens with one attached hydrogen (secondary N) is 1. The molecule has 0 spiro atoms. The van der Waals surface area contributed by atoms with Crippen LogP contribution in [0.5, 0.6) is 0 Å². The lowest BCUT2D eigenvalue weighted by Crippen LogP contribution is -2.25. The zero-order chi connectivity index (χ0) is 13.5. The Hall–Kier alpha value is -1.77. The van der Waals surface area contributed by atoms with Crippen LogP contribution in [0.4, 0.5) is 0 Å². The van der Waals surface area contributed by atoms with E-state index in [2.05, 4.69) is 12.2 Å². The number of furan rings is 1. The van der Waals surface area contributed by atoms with E-state index >= 15 is 0 Å². The summed E-state index contributed by atoms with van der Waals surface area (Å²) in [5.41, 5.74) is 1.80. The average molecular weight is 259 g/mol. The predicted octanol–water partition coefficient (Wildman–Crippen LogP) is 3.67. The van der Waals surface area contributed by atoms with Crippen LogP contribution >= 0.6 is 0 Å². The smallest absolute Gasteiger partial charge is 0.224 e. The highest BCUT2D eigenvalue weighted by atomic mass is 16.3. The first-order valence-electron chi connectivity index (χ1n) is 7.03. The fourth-order valence-electron chi connectivity index (χ4n) is 2.18. The van der Waals surface area contributed by atoms with E-state index in [-0.39, 0.29) is 5.91 Å². The summed E-state index contributed by atoms with van der Waals surface area (Å²) in [6.45, 7) is 2.96. The minimum absolute atomic E-state index is 0.0723. The molecule has 3 heteroatoms. The molecule has 1 aromatic heterocycles. The van der Waals surface area contributed by atoms with Crippen molar-refractivity contribution >= 4 is 16.9 Å². The Bertz CT molecular complexity index is 530. The fourth-order valence-corrected chi connectivity index (χ4v) is 2.18. The van der Waals surface area contributed by atoms with Crippen LogP contribution in [0.25, 0.3) is 11.0 Å². The number of fused-ring (bicyclic) bond motifs is 1. The molecule has 0 aliphatic rings. The first kappa shape index (κ1) is 13.7. The lowest BCUT2D eigenvalue weighted by molar-refractivity contribution is -0.120. The average Bonchev–Trinajstić information content (AvgIpc) is 2.82. The van der Waals surface area contributed by atoms with Crippen molar-refractivity contribution in [2.45, 2.75) is 39.0 Å². The molecule has 1 heterocycles. The minimum Gasteiger partial charge on any atom is -0.464 e. The number of carbonyl (C=O) groups excluding carboxylic acids is 1. The summed E-state index contributed by atoms with van der Waals surface area (Å²) >= 11 is 0. The second kappa shape index (κ2) is 6.98. The Morgan fingerprint density at radius 2 is 2.05 bits per heavy atom. The van der Waals surface area contributed by atoms with Gasteiger partial charge in [-0.05, 0) is 12.5 Å². The number of amides is 1. The van der Waals surface area contributed by atoms with Gasteiger partial charge in [0.1, 0.15) is 5.58 Å². The van der Waals surface area contributed by atoms with Gasteiger partial charge in [0.25, 0.3) is 0 Å². The maximum atomic E-state index is 11.8. The standard InChI is InChI=1S/C16H21NO2/c1-2-3-4-7-10-17-16(18)11-13-12-19-15-9-6-5-8-14(13)15/h5-6,8-9,12H,2-4,7,10-11H2,1H3,(H,17,18). The van der Waals surface area contributed by atoms with Gasteiger partial charge in [0.05, 0.1) is 12.7 Å². The molecule has 0 bridgehead atoms. The van der Waals surface area contributed by atoms with Crippen LogP contribution < -0.4 is 5.32 Å². The maximum absolute atomic E-state index is 11.8. The molecule has 1 amide bonds. The molecule has 2 rings (SSSR count). The number of para-hydroxylation sites is 1. The second-order valence-corrected chi connectivity index (χ2v) is 4.84. The third-order valence-electron chi connectivity index (χ3n) is 3.26. The van der Waals surface area contributed by atoms with Gasteiger partial charge in [-0.1, -0.05) is 44.4 Å². The van der Waals surface area contributed by atoms with Crippen LogP contribution in [0.1, 0.15) is 38.2 Å². The summed E-state index contributed by atoms with van der Waals surface area (Å²) in [6.07, 6.45) is 6.78. The number of carbonyl (C=O) groups is 1. The molecule has 2 aromatic rings. The van der Waals surface area contributed by atoms with Crippen molar-refractivity contribution < 1.29 is 9.21 Å². The van der Waals surface area contributed by atoms with Crippen LogP contribution in [-0.4, -0.2) is 12.5 Å². The summed E-state index contributed by atoms with van der Waals surface area (Å²) in [4.78, 5) is 11.8. The molecule has 0 aliphatic carbocycles. The highest BCUT2D eigenvalue weighted by Gasteiger charge is 2.09. The molecule has 0 atom stereocenters. The normalized spacial score (nSPS) is 10.8. The Morgan fingerprint density at radius 3 is 2.89 bits per heavy atom. The number of hydrogen-bond donors (Lipinski definition) is 1. The summed E-state index contributed by atoms with van der Waals surface area (Å²) in [5, 5.41) is 4.00. The van der Waals surface area contributed by atoms with Crippen molar-refractivity contribution in [1.29, 1.82) is 0 Å². The van der Waals surface area contributed by atoms with Gasteiger partial charge in [-0.2, -0.15) is 0 Å². The van der Waals surface area contributed by atoms with Gasteiger partial charge in [0, 0.05) is 17.5 Å². The van der Waals surface area contributed by atoms with Crippen molar-refractivity contribution in [3.8, 4) is 0 Å². The van der Waals surface area contributed by atoms with Gasteiger partial charge in [-0.3, -0.25) is 4.79 Å². The number of unbranched alkanes of at least 4 members (excludes halogenated alkanes) is 3. The van der Waals surface area contributed by atoms with Gasteiger partial charge in [0.15, 0.2) is 0 Å². The summed E-state index contributed by atoms with van der Waals surface area (Å²) in [6, 6.07) is 7.80. The van der Waals surface area contributed by atoms with Gasteiger partial charge in [0.2, 0.25) is 5.91 Å². The highest BCUT2D eigenvalue weighted by molar-refractivity contribution is 5.87. The van der Waals surface area contributed by atoms with Crippen molar-refractivity contribution in [2.75, 3.05) is 6.54 Å². The number of rotatable bonds is 7. The highest BCUT2D eigenvalue weighted by Crippen LogP contribution is 2.20. The van der Waals surface area contributed by atoms with Crippen molar-refractivity contribution in [1.82, 2.24) is 5.32 Å². The van der Waals surface area contributed by atoms with E-state index in [9.17, 15) is 4.79 Å². The lowest BCUT2D eigenvalue weighted by Gasteiger charge is -2.04. The molecule has 0 aliphatic heterocycles. The van der Waals surface area contributed by atoms with E-state index in [0.717, 1.165) is 29.5 Å². The van der Waals surface area contributed by atoms with E-state index in [4.69, 9.17) is 4.42 Å². The van der Waals surface area contributed by atoms with Crippen molar-refractivity contribution in [2.24, 2.45) is 0 Å². The fraction of sp³-hybridized carbons (Fsp3) is 0.438. The molecule has 0 fully saturated rings. The minimum atomic E-state index is 0.0723. The Balaban J connectivity index is 1.82. The molecular formula is C16H21NO2. The number of hydrogen-bond acceptors (Lipinski definition) is 2. The van der Waals surface area contributed by atoms with Gasteiger partial charge >= 0.3 is 0 Å². The van der Waals surface area contributed by atoms with Crippen LogP contribution in [0, 0.1) is 0 Å². The predicted molar refractivity (Wildman–Crippen MR) is 77.1 cm³/mol. The van der Waals surface area contributed by atoms with E-state index in [0.29, 0.717) is 6.42 Å². The van der Waals surface area contributed by atoms with Gasteiger partial charge in [-0.15, -0.1) is 0 Å². The molecular weight excluding hydrogens is 238 g/mol. The molecule has 0 radical (unpaired) electrons. The molecule has 1 aromatic carbocycles. The molecule has 0 saturated heterocycles. The molecule has 1 N–H and O–H groups in total. The van der Waals surface area contributed by atoms with Crippen LogP contribution in [0.15, 0.2) is 34.9 Å².